The Balaban J connectivity index is 0.00000161. The maximum absolute atomic E-state index is 4.53. The molecule has 0 saturated carbocycles. The zero-order chi connectivity index (χ0) is 13.8. The van der Waals surface area contributed by atoms with Crippen LogP contribution in [-0.4, -0.2) is 40.6 Å². The molecule has 0 unspecified atom stereocenters. The lowest BCUT2D eigenvalue weighted by atomic mass is 10.1. The van der Waals surface area contributed by atoms with Crippen molar-refractivity contribution < 1.29 is 0 Å². The Morgan fingerprint density at radius 2 is 1.95 bits per heavy atom. The number of piperidine rings is 1. The number of nitrogens with zero attached hydrogens (tertiary/aromatic N) is 3. The van der Waals surface area contributed by atoms with E-state index in [-0.39, 0.29) is 12.4 Å². The van der Waals surface area contributed by atoms with E-state index in [2.05, 4.69) is 51.1 Å². The number of halogens is 1. The Hall–Kier alpha value is -1.36. The number of imidazole rings is 1. The number of hydrogen-bond acceptors (Lipinski definition) is 3. The van der Waals surface area contributed by atoms with Crippen LogP contribution in [0.3, 0.4) is 0 Å². The van der Waals surface area contributed by atoms with Gasteiger partial charge < -0.3 is 9.88 Å². The molecule has 0 spiro atoms. The molecule has 0 atom stereocenters. The van der Waals surface area contributed by atoms with Crippen LogP contribution in [0.1, 0.15) is 18.7 Å². The Morgan fingerprint density at radius 3 is 2.67 bits per heavy atom. The second kappa shape index (κ2) is 7.59. The minimum Gasteiger partial charge on any atom is -0.317 e. The van der Waals surface area contributed by atoms with Crippen LogP contribution in [0.5, 0.6) is 0 Å². The quantitative estimate of drug-likeness (QED) is 0.942. The van der Waals surface area contributed by atoms with Gasteiger partial charge in [-0.05, 0) is 45.1 Å². The van der Waals surface area contributed by atoms with Crippen molar-refractivity contribution in [1.29, 1.82) is 0 Å². The third-order valence-corrected chi connectivity index (χ3v) is 4.07. The van der Waals surface area contributed by atoms with Crippen LogP contribution < -0.4 is 5.32 Å². The molecule has 2 heterocycles. The van der Waals surface area contributed by atoms with E-state index in [0.29, 0.717) is 6.04 Å². The molecule has 5 heteroatoms. The maximum Gasteiger partial charge on any atom is 0.127 e. The molecular formula is C16H23ClN4. The molecule has 0 bridgehead atoms. The first kappa shape index (κ1) is 16.0. The van der Waals surface area contributed by atoms with Gasteiger partial charge in [-0.15, -0.1) is 12.4 Å². The summed E-state index contributed by atoms with van der Waals surface area (Å²) in [5.74, 6) is 1.11. The first-order valence-electron chi connectivity index (χ1n) is 7.33. The van der Waals surface area contributed by atoms with Crippen molar-refractivity contribution in [2.75, 3.05) is 20.1 Å². The molecule has 1 fully saturated rings. The third kappa shape index (κ3) is 3.84. The van der Waals surface area contributed by atoms with E-state index in [0.717, 1.165) is 25.5 Å². The number of aromatic nitrogens is 2. The zero-order valence-corrected chi connectivity index (χ0v) is 13.2. The molecule has 1 N–H and O–H groups in total. The number of benzene rings is 1. The van der Waals surface area contributed by atoms with E-state index >= 15 is 0 Å². The molecule has 1 aromatic heterocycles. The lowest BCUT2D eigenvalue weighted by molar-refractivity contribution is 0.187. The fraction of sp³-hybridized carbons (Fsp3) is 0.438. The molecule has 3 rings (SSSR count). The predicted octanol–water partition coefficient (Wildman–Crippen LogP) is 2.48. The second-order valence-electron chi connectivity index (χ2n) is 5.45. The molecule has 1 saturated heterocycles. The highest BCUT2D eigenvalue weighted by molar-refractivity contribution is 5.85. The predicted molar refractivity (Wildman–Crippen MR) is 88.2 cm³/mol. The summed E-state index contributed by atoms with van der Waals surface area (Å²) in [4.78, 5) is 6.97. The summed E-state index contributed by atoms with van der Waals surface area (Å²) in [5.41, 5.74) is 1.18. The second-order valence-corrected chi connectivity index (χ2v) is 5.45. The van der Waals surface area contributed by atoms with Crippen LogP contribution in [0.25, 0.3) is 5.69 Å². The summed E-state index contributed by atoms with van der Waals surface area (Å²) in [6.45, 7) is 3.15. The molecule has 0 amide bonds. The fourth-order valence-corrected chi connectivity index (χ4v) is 2.87. The first-order chi connectivity index (χ1) is 9.84. The van der Waals surface area contributed by atoms with Crippen molar-refractivity contribution in [3.63, 3.8) is 0 Å². The summed E-state index contributed by atoms with van der Waals surface area (Å²) >= 11 is 0. The van der Waals surface area contributed by atoms with Crippen molar-refractivity contribution in [1.82, 2.24) is 19.8 Å². The van der Waals surface area contributed by atoms with Crippen LogP contribution >= 0.6 is 12.4 Å². The highest BCUT2D eigenvalue weighted by Crippen LogP contribution is 2.15. The van der Waals surface area contributed by atoms with E-state index in [1.54, 1.807) is 0 Å². The normalized spacial score (nSPS) is 15.9. The average molecular weight is 307 g/mol. The Labute approximate surface area is 132 Å². The molecule has 21 heavy (non-hydrogen) atoms. The summed E-state index contributed by atoms with van der Waals surface area (Å²) < 4.78 is 2.18. The van der Waals surface area contributed by atoms with Crippen LogP contribution in [0, 0.1) is 0 Å². The average Bonchev–Trinajstić information content (AvgIpc) is 2.97. The molecule has 4 nitrogen and oxygen atoms in total. The summed E-state index contributed by atoms with van der Waals surface area (Å²) in [5, 5.41) is 3.42. The maximum atomic E-state index is 4.53. The van der Waals surface area contributed by atoms with Gasteiger partial charge in [-0.25, -0.2) is 4.98 Å². The summed E-state index contributed by atoms with van der Waals surface area (Å²) in [6.07, 6.45) is 6.38. The van der Waals surface area contributed by atoms with Crippen LogP contribution in [0.4, 0.5) is 0 Å². The third-order valence-electron chi connectivity index (χ3n) is 4.07. The van der Waals surface area contributed by atoms with E-state index in [4.69, 9.17) is 0 Å². The molecule has 2 aromatic rings. The molecular weight excluding hydrogens is 284 g/mol. The molecule has 0 radical (unpaired) electrons. The van der Waals surface area contributed by atoms with Crippen molar-refractivity contribution in [2.24, 2.45) is 0 Å². The zero-order valence-electron chi connectivity index (χ0n) is 12.4. The van der Waals surface area contributed by atoms with E-state index in [9.17, 15) is 0 Å². The number of para-hydroxylation sites is 1. The van der Waals surface area contributed by atoms with Gasteiger partial charge in [-0.1, -0.05) is 18.2 Å². The van der Waals surface area contributed by atoms with Gasteiger partial charge in [0, 0.05) is 24.1 Å². The smallest absolute Gasteiger partial charge is 0.127 e. The minimum absolute atomic E-state index is 0. The Bertz CT molecular complexity index is 534. The van der Waals surface area contributed by atoms with Gasteiger partial charge in [0.25, 0.3) is 0 Å². The summed E-state index contributed by atoms with van der Waals surface area (Å²) in [6, 6.07) is 11.1. The molecule has 0 aliphatic carbocycles. The van der Waals surface area contributed by atoms with Gasteiger partial charge in [0.05, 0.1) is 6.54 Å². The van der Waals surface area contributed by atoms with Gasteiger partial charge in [-0.2, -0.15) is 0 Å². The van der Waals surface area contributed by atoms with Gasteiger partial charge in [0.1, 0.15) is 5.82 Å². The van der Waals surface area contributed by atoms with Gasteiger partial charge in [-0.3, -0.25) is 4.90 Å². The largest absolute Gasteiger partial charge is 0.317 e. The number of rotatable bonds is 4. The topological polar surface area (TPSA) is 33.1 Å². The molecule has 1 aromatic carbocycles. The highest BCUT2D eigenvalue weighted by Gasteiger charge is 2.19. The molecule has 1 aliphatic rings. The van der Waals surface area contributed by atoms with Crippen LogP contribution in [0.15, 0.2) is 42.7 Å². The highest BCUT2D eigenvalue weighted by atomic mass is 35.5. The molecule has 1 aliphatic heterocycles. The Kier molecular flexibility index (Phi) is 5.79. The lowest BCUT2D eigenvalue weighted by Gasteiger charge is -2.31. The van der Waals surface area contributed by atoms with E-state index in [1.165, 1.54) is 18.5 Å². The van der Waals surface area contributed by atoms with Crippen molar-refractivity contribution in [2.45, 2.75) is 25.4 Å². The van der Waals surface area contributed by atoms with Crippen LogP contribution in [0.2, 0.25) is 0 Å². The summed E-state index contributed by atoms with van der Waals surface area (Å²) in [7, 11) is 2.21. The molecule has 114 valence electrons. The van der Waals surface area contributed by atoms with Crippen molar-refractivity contribution in [3.8, 4) is 5.69 Å². The van der Waals surface area contributed by atoms with Crippen molar-refractivity contribution >= 4 is 12.4 Å². The van der Waals surface area contributed by atoms with E-state index in [1.807, 2.05) is 18.5 Å². The van der Waals surface area contributed by atoms with Gasteiger partial charge >= 0.3 is 0 Å². The fourth-order valence-electron chi connectivity index (χ4n) is 2.87. The lowest BCUT2D eigenvalue weighted by Crippen LogP contribution is -2.41. The van der Waals surface area contributed by atoms with Crippen LogP contribution in [-0.2, 0) is 6.54 Å². The van der Waals surface area contributed by atoms with Gasteiger partial charge in [0.15, 0.2) is 0 Å². The van der Waals surface area contributed by atoms with E-state index < -0.39 is 0 Å². The Morgan fingerprint density at radius 1 is 1.24 bits per heavy atom. The number of hydrogen-bond donors (Lipinski definition) is 1. The number of nitrogens with one attached hydrogen (secondary N) is 1. The van der Waals surface area contributed by atoms with Gasteiger partial charge in [0.2, 0.25) is 0 Å². The first-order valence-corrected chi connectivity index (χ1v) is 7.33. The van der Waals surface area contributed by atoms with Crippen molar-refractivity contribution in [3.05, 3.63) is 48.5 Å². The standard InChI is InChI=1S/C16H22N4.ClH/c1-19(14-7-9-17-10-8-14)13-16-18-11-12-20(16)15-5-3-2-4-6-15;/h2-6,11-12,14,17H,7-10,13H2,1H3;1H. The monoisotopic (exact) mass is 306 g/mol. The minimum atomic E-state index is 0. The SMILES string of the molecule is CN(Cc1nccn1-c1ccccc1)C1CCNCC1.Cl.